The van der Waals surface area contributed by atoms with E-state index in [1.54, 1.807) is 42.6 Å². The van der Waals surface area contributed by atoms with Crippen molar-refractivity contribution in [1.82, 2.24) is 0 Å². The average Bonchev–Trinajstić information content (AvgIpc) is 2.53. The molecule has 3 aromatic rings. The molecule has 1 aromatic carbocycles. The first-order chi connectivity index (χ1) is 10.3. The summed E-state index contributed by atoms with van der Waals surface area (Å²) in [6.45, 7) is 0.219. The Morgan fingerprint density at radius 1 is 1.19 bits per heavy atom. The normalized spacial score (nSPS) is 10.7. The van der Waals surface area contributed by atoms with Gasteiger partial charge in [0.2, 0.25) is 0 Å². The number of rotatable bonds is 4. The molecule has 0 atom stereocenters. The fourth-order valence-corrected chi connectivity index (χ4v) is 2.06. The van der Waals surface area contributed by atoms with E-state index in [0.29, 0.717) is 22.6 Å². The van der Waals surface area contributed by atoms with Crippen LogP contribution in [0.1, 0.15) is 0 Å². The maximum atomic E-state index is 12.0. The molecule has 0 aliphatic carbocycles. The Bertz CT molecular complexity index is 808. The van der Waals surface area contributed by atoms with E-state index in [1.807, 2.05) is 0 Å². The summed E-state index contributed by atoms with van der Waals surface area (Å²) in [7, 11) is 0. The van der Waals surface area contributed by atoms with Crippen molar-refractivity contribution in [2.75, 3.05) is 13.2 Å². The van der Waals surface area contributed by atoms with Crippen LogP contribution in [0.4, 0.5) is 0 Å². The van der Waals surface area contributed by atoms with Crippen LogP contribution in [0.5, 0.6) is 5.75 Å². The second kappa shape index (κ2) is 5.76. The number of ether oxygens (including phenoxy) is 1. The van der Waals surface area contributed by atoms with Crippen LogP contribution in [0.3, 0.4) is 0 Å². The number of aliphatic hydroxyl groups excluding tert-OH is 1. The van der Waals surface area contributed by atoms with Gasteiger partial charge in [0.25, 0.3) is 0 Å². The van der Waals surface area contributed by atoms with E-state index in [1.165, 1.54) is 6.07 Å². The highest BCUT2D eigenvalue weighted by Gasteiger charge is 2.10. The van der Waals surface area contributed by atoms with E-state index in [2.05, 4.69) is 4.98 Å². The Morgan fingerprint density at radius 3 is 2.76 bits per heavy atom. The molecule has 2 aromatic heterocycles. The molecule has 0 saturated carbocycles. The number of aromatic amines is 1. The number of hydrogen-bond donors (Lipinski definition) is 1. The highest BCUT2D eigenvalue weighted by molar-refractivity contribution is 5.72. The van der Waals surface area contributed by atoms with Gasteiger partial charge in [0, 0.05) is 17.7 Å². The van der Waals surface area contributed by atoms with Crippen LogP contribution in [-0.4, -0.2) is 18.3 Å². The molecule has 3 rings (SSSR count). The van der Waals surface area contributed by atoms with Gasteiger partial charge in [0.05, 0.1) is 6.61 Å². The summed E-state index contributed by atoms with van der Waals surface area (Å²) in [6, 6.07) is 12.1. The van der Waals surface area contributed by atoms with Gasteiger partial charge in [-0.2, -0.15) is 4.98 Å². The van der Waals surface area contributed by atoms with Gasteiger partial charge in [-0.25, -0.2) is 0 Å². The second-order valence-corrected chi connectivity index (χ2v) is 4.48. The summed E-state index contributed by atoms with van der Waals surface area (Å²) in [4.78, 5) is 15.0. The number of H-pyrrole nitrogens is 1. The van der Waals surface area contributed by atoms with Gasteiger partial charge in [0.15, 0.2) is 11.6 Å². The number of nitrogens with one attached hydrogen (secondary N) is 1. The van der Waals surface area contributed by atoms with Crippen LogP contribution in [0.15, 0.2) is 57.9 Å². The minimum Gasteiger partial charge on any atom is -0.491 e. The quantitative estimate of drug-likeness (QED) is 0.790. The van der Waals surface area contributed by atoms with E-state index >= 15 is 0 Å². The standard InChI is InChI=1S/C16H13NO4/c18-8-9-20-12-5-3-11(4-6-12)15-10-14(19)13-2-1-7-17-16(13)21-15/h1-7,10,18H,8-9H2/p+1. The van der Waals surface area contributed by atoms with Crippen molar-refractivity contribution < 1.29 is 19.2 Å². The molecule has 2 N–H and O–H groups in total. The van der Waals surface area contributed by atoms with E-state index in [0.717, 1.165) is 5.56 Å². The highest BCUT2D eigenvalue weighted by Crippen LogP contribution is 2.23. The Hall–Kier alpha value is -2.66. The van der Waals surface area contributed by atoms with Crippen LogP contribution >= 0.6 is 0 Å². The molecule has 0 aliphatic rings. The van der Waals surface area contributed by atoms with Crippen LogP contribution in [0.2, 0.25) is 0 Å². The first kappa shape index (κ1) is 13.3. The summed E-state index contributed by atoms with van der Waals surface area (Å²) >= 11 is 0. The summed E-state index contributed by atoms with van der Waals surface area (Å²) in [5.74, 6) is 1.14. The van der Waals surface area contributed by atoms with Crippen LogP contribution in [-0.2, 0) is 0 Å². The van der Waals surface area contributed by atoms with Gasteiger partial charge in [-0.05, 0) is 30.3 Å². The molecule has 5 heteroatoms. The molecule has 0 bridgehead atoms. The van der Waals surface area contributed by atoms with Crippen molar-refractivity contribution in [2.45, 2.75) is 0 Å². The van der Waals surface area contributed by atoms with Gasteiger partial charge in [0.1, 0.15) is 23.5 Å². The van der Waals surface area contributed by atoms with Gasteiger partial charge in [-0.15, -0.1) is 0 Å². The monoisotopic (exact) mass is 284 g/mol. The van der Waals surface area contributed by atoms with E-state index < -0.39 is 0 Å². The highest BCUT2D eigenvalue weighted by atomic mass is 16.5. The smallest absolute Gasteiger partial charge is 0.383 e. The number of hydrogen-bond acceptors (Lipinski definition) is 4. The molecular formula is C16H14NO4+. The molecule has 106 valence electrons. The lowest BCUT2D eigenvalue weighted by atomic mass is 10.1. The largest absolute Gasteiger partial charge is 0.491 e. The summed E-state index contributed by atoms with van der Waals surface area (Å²) in [5.41, 5.74) is 1.13. The van der Waals surface area contributed by atoms with Crippen molar-refractivity contribution in [3.8, 4) is 17.1 Å². The van der Waals surface area contributed by atoms with Gasteiger partial charge in [-0.3, -0.25) is 4.79 Å². The maximum Gasteiger partial charge on any atom is 0.383 e. The van der Waals surface area contributed by atoms with Crippen molar-refractivity contribution in [3.63, 3.8) is 0 Å². The molecule has 0 aliphatic heterocycles. The number of aromatic nitrogens is 1. The Balaban J connectivity index is 1.98. The van der Waals surface area contributed by atoms with Gasteiger partial charge < -0.3 is 14.3 Å². The topological polar surface area (TPSA) is 73.8 Å². The molecule has 2 heterocycles. The summed E-state index contributed by atoms with van der Waals surface area (Å²) in [5, 5.41) is 9.23. The number of pyridine rings is 1. The third kappa shape index (κ3) is 2.78. The molecule has 0 saturated heterocycles. The lowest BCUT2D eigenvalue weighted by Crippen LogP contribution is -2.09. The number of fused-ring (bicyclic) bond motifs is 1. The average molecular weight is 284 g/mol. The zero-order valence-electron chi connectivity index (χ0n) is 11.2. The molecule has 0 unspecified atom stereocenters. The molecule has 0 radical (unpaired) electrons. The Kier molecular flexibility index (Phi) is 3.66. The predicted molar refractivity (Wildman–Crippen MR) is 77.1 cm³/mol. The first-order valence-corrected chi connectivity index (χ1v) is 6.56. The second-order valence-electron chi connectivity index (χ2n) is 4.48. The lowest BCUT2D eigenvalue weighted by molar-refractivity contribution is -0.356. The first-order valence-electron chi connectivity index (χ1n) is 6.56. The fourth-order valence-electron chi connectivity index (χ4n) is 2.06. The molecule has 21 heavy (non-hydrogen) atoms. The minimum atomic E-state index is -0.0938. The van der Waals surface area contributed by atoms with E-state index in [9.17, 15) is 4.79 Å². The zero-order chi connectivity index (χ0) is 14.7. The van der Waals surface area contributed by atoms with Crippen LogP contribution in [0, 0.1) is 0 Å². The maximum absolute atomic E-state index is 12.0. The summed E-state index contributed by atoms with van der Waals surface area (Å²) < 4.78 is 11.0. The SMILES string of the molecule is O=c1cc(-c2ccc(OCCO)cc2)oc2[nH+]cccc12. The Labute approximate surface area is 120 Å². The van der Waals surface area contributed by atoms with Crippen molar-refractivity contribution in [1.29, 1.82) is 0 Å². The molecule has 0 amide bonds. The number of aliphatic hydroxyl groups is 1. The molecular weight excluding hydrogens is 270 g/mol. The molecule has 0 spiro atoms. The van der Waals surface area contributed by atoms with Crippen LogP contribution < -0.4 is 15.1 Å². The summed E-state index contributed by atoms with van der Waals surface area (Å²) in [6.07, 6.45) is 1.71. The molecule has 0 fully saturated rings. The van der Waals surface area contributed by atoms with Crippen molar-refractivity contribution in [2.24, 2.45) is 0 Å². The number of benzene rings is 1. The van der Waals surface area contributed by atoms with E-state index in [-0.39, 0.29) is 18.6 Å². The Morgan fingerprint density at radius 2 is 2.00 bits per heavy atom. The fraction of sp³-hybridized carbons (Fsp3) is 0.125. The lowest BCUT2D eigenvalue weighted by Gasteiger charge is -2.05. The van der Waals surface area contributed by atoms with Crippen LogP contribution in [0.25, 0.3) is 22.4 Å². The van der Waals surface area contributed by atoms with E-state index in [4.69, 9.17) is 14.3 Å². The predicted octanol–water partition coefficient (Wildman–Crippen LogP) is 1.65. The van der Waals surface area contributed by atoms with Gasteiger partial charge in [-0.1, -0.05) is 0 Å². The third-order valence-corrected chi connectivity index (χ3v) is 3.06. The minimum absolute atomic E-state index is 0.0306. The third-order valence-electron chi connectivity index (χ3n) is 3.06. The zero-order valence-corrected chi connectivity index (χ0v) is 11.2. The van der Waals surface area contributed by atoms with Crippen molar-refractivity contribution in [3.05, 3.63) is 58.9 Å². The molecule has 5 nitrogen and oxygen atoms in total. The van der Waals surface area contributed by atoms with Gasteiger partial charge >= 0.3 is 5.71 Å². The van der Waals surface area contributed by atoms with Crippen molar-refractivity contribution >= 4 is 11.1 Å².